The normalized spacial score (nSPS) is 15.6. The maximum atomic E-state index is 12.2. The second-order valence-corrected chi connectivity index (χ2v) is 7.31. The number of hydrogen-bond donors (Lipinski definition) is 0. The summed E-state index contributed by atoms with van der Waals surface area (Å²) in [6, 6.07) is 0. The van der Waals surface area contributed by atoms with E-state index in [2.05, 4.69) is 19.2 Å². The Morgan fingerprint density at radius 2 is 2.15 bits per heavy atom. The third-order valence-corrected chi connectivity index (χ3v) is 4.03. The zero-order valence-corrected chi connectivity index (χ0v) is 13.7. The maximum absolute atomic E-state index is 12.2. The Bertz CT molecular complexity index is 488. The summed E-state index contributed by atoms with van der Waals surface area (Å²) in [5, 5.41) is 2.13. The van der Waals surface area contributed by atoms with Crippen molar-refractivity contribution in [3.8, 4) is 5.75 Å². The summed E-state index contributed by atoms with van der Waals surface area (Å²) in [7, 11) is 0. The van der Waals surface area contributed by atoms with Crippen LogP contribution >= 0.6 is 11.3 Å². The molecule has 0 aliphatic carbocycles. The minimum absolute atomic E-state index is 0.270. The van der Waals surface area contributed by atoms with Crippen molar-refractivity contribution in [1.29, 1.82) is 0 Å². The van der Waals surface area contributed by atoms with Crippen molar-refractivity contribution in [3.05, 3.63) is 15.8 Å². The van der Waals surface area contributed by atoms with E-state index in [1.807, 2.05) is 20.8 Å². The van der Waals surface area contributed by atoms with Crippen LogP contribution in [0, 0.1) is 0 Å². The largest absolute Gasteiger partial charge is 0.490 e. The Morgan fingerprint density at radius 1 is 1.45 bits per heavy atom. The van der Waals surface area contributed by atoms with Gasteiger partial charge in [-0.15, -0.1) is 11.3 Å². The quantitative estimate of drug-likeness (QED) is 0.786. The Hall–Kier alpha value is -1.23. The van der Waals surface area contributed by atoms with E-state index in [4.69, 9.17) is 9.47 Å². The van der Waals surface area contributed by atoms with Crippen molar-refractivity contribution in [2.24, 2.45) is 0 Å². The number of hydrogen-bond acceptors (Lipinski definition) is 4. The number of rotatable bonds is 1. The van der Waals surface area contributed by atoms with E-state index in [0.717, 1.165) is 10.6 Å². The average molecular weight is 297 g/mol. The number of thiophene rings is 1. The fourth-order valence-electron chi connectivity index (χ4n) is 2.07. The van der Waals surface area contributed by atoms with Crippen LogP contribution < -0.4 is 4.74 Å². The van der Waals surface area contributed by atoms with Crippen molar-refractivity contribution in [3.63, 3.8) is 0 Å². The molecule has 1 aromatic heterocycles. The molecule has 2 rings (SSSR count). The van der Waals surface area contributed by atoms with Gasteiger partial charge in [0.1, 0.15) is 18.0 Å². The summed E-state index contributed by atoms with van der Waals surface area (Å²) in [6.07, 6.45) is -0.270. The lowest BCUT2D eigenvalue weighted by Gasteiger charge is -2.25. The van der Waals surface area contributed by atoms with E-state index in [0.29, 0.717) is 25.6 Å². The van der Waals surface area contributed by atoms with Crippen LogP contribution in [0.3, 0.4) is 0 Å². The SMILES string of the molecule is CC(C)c1csc2c1OCCN(C(=O)OC(C)(C)C)C2. The Morgan fingerprint density at radius 3 is 2.75 bits per heavy atom. The fourth-order valence-corrected chi connectivity index (χ4v) is 3.23. The van der Waals surface area contributed by atoms with Gasteiger partial charge in [-0.05, 0) is 32.1 Å². The lowest BCUT2D eigenvalue weighted by atomic mass is 10.1. The fraction of sp³-hybridized carbons (Fsp3) is 0.667. The second kappa shape index (κ2) is 5.64. The predicted molar refractivity (Wildman–Crippen MR) is 80.5 cm³/mol. The Kier molecular flexibility index (Phi) is 4.28. The molecule has 0 aromatic carbocycles. The van der Waals surface area contributed by atoms with E-state index in [1.54, 1.807) is 16.2 Å². The molecule has 112 valence electrons. The third-order valence-electron chi connectivity index (χ3n) is 3.06. The lowest BCUT2D eigenvalue weighted by molar-refractivity contribution is 0.0226. The lowest BCUT2D eigenvalue weighted by Crippen LogP contribution is -2.37. The van der Waals surface area contributed by atoms with E-state index in [-0.39, 0.29) is 6.09 Å². The maximum Gasteiger partial charge on any atom is 0.410 e. The van der Waals surface area contributed by atoms with Gasteiger partial charge in [-0.1, -0.05) is 13.8 Å². The van der Waals surface area contributed by atoms with Crippen LogP contribution in [-0.2, 0) is 11.3 Å². The van der Waals surface area contributed by atoms with Crippen LogP contribution in [-0.4, -0.2) is 29.7 Å². The van der Waals surface area contributed by atoms with E-state index < -0.39 is 5.60 Å². The van der Waals surface area contributed by atoms with Gasteiger partial charge >= 0.3 is 6.09 Å². The summed E-state index contributed by atoms with van der Waals surface area (Å²) >= 11 is 1.66. The molecule has 0 atom stereocenters. The standard InChI is InChI=1S/C15H23NO3S/c1-10(2)11-9-20-12-8-16(6-7-18-13(11)12)14(17)19-15(3,4)5/h9-10H,6-8H2,1-5H3. The third kappa shape index (κ3) is 3.45. The van der Waals surface area contributed by atoms with Crippen molar-refractivity contribution in [2.75, 3.05) is 13.2 Å². The van der Waals surface area contributed by atoms with E-state index in [1.165, 1.54) is 5.56 Å². The molecule has 20 heavy (non-hydrogen) atoms. The average Bonchev–Trinajstić information content (AvgIpc) is 2.57. The van der Waals surface area contributed by atoms with Crippen LogP contribution in [0.5, 0.6) is 5.75 Å². The molecule has 5 heteroatoms. The van der Waals surface area contributed by atoms with Crippen LogP contribution in [0.4, 0.5) is 4.79 Å². The molecule has 1 amide bonds. The number of ether oxygens (including phenoxy) is 2. The first-order valence-electron chi connectivity index (χ1n) is 6.99. The number of fused-ring (bicyclic) bond motifs is 1. The molecule has 1 aromatic rings. The Balaban J connectivity index is 2.14. The van der Waals surface area contributed by atoms with Gasteiger partial charge < -0.3 is 9.47 Å². The number of carbonyl (C=O) groups is 1. The highest BCUT2D eigenvalue weighted by molar-refractivity contribution is 7.10. The molecule has 0 N–H and O–H groups in total. The van der Waals surface area contributed by atoms with Crippen LogP contribution in [0.25, 0.3) is 0 Å². The molecular weight excluding hydrogens is 274 g/mol. The predicted octanol–water partition coefficient (Wildman–Crippen LogP) is 4.00. The summed E-state index contributed by atoms with van der Waals surface area (Å²) in [5.74, 6) is 1.40. The molecule has 2 heterocycles. The van der Waals surface area contributed by atoms with Crippen LogP contribution in [0.2, 0.25) is 0 Å². The van der Waals surface area contributed by atoms with Crippen molar-refractivity contribution in [1.82, 2.24) is 4.90 Å². The van der Waals surface area contributed by atoms with Gasteiger partial charge in [0.25, 0.3) is 0 Å². The molecule has 0 saturated heterocycles. The molecule has 0 saturated carbocycles. The molecule has 0 bridgehead atoms. The Labute approximate surface area is 124 Å². The molecule has 4 nitrogen and oxygen atoms in total. The molecule has 1 aliphatic rings. The molecule has 0 radical (unpaired) electrons. The van der Waals surface area contributed by atoms with E-state index >= 15 is 0 Å². The first-order chi connectivity index (χ1) is 9.28. The number of carbonyl (C=O) groups excluding carboxylic acids is 1. The zero-order valence-electron chi connectivity index (χ0n) is 12.9. The first kappa shape index (κ1) is 15.2. The van der Waals surface area contributed by atoms with Crippen molar-refractivity contribution in [2.45, 2.75) is 52.7 Å². The van der Waals surface area contributed by atoms with Gasteiger partial charge in [0.15, 0.2) is 0 Å². The number of nitrogens with zero attached hydrogens (tertiary/aromatic N) is 1. The van der Waals surface area contributed by atoms with Crippen molar-refractivity contribution >= 4 is 17.4 Å². The van der Waals surface area contributed by atoms with Gasteiger partial charge in [0.05, 0.1) is 18.0 Å². The molecule has 1 aliphatic heterocycles. The number of amides is 1. The molecule has 0 unspecified atom stereocenters. The van der Waals surface area contributed by atoms with Gasteiger partial charge in [0, 0.05) is 5.56 Å². The molecular formula is C15H23NO3S. The minimum atomic E-state index is -0.467. The van der Waals surface area contributed by atoms with Gasteiger partial charge in [-0.25, -0.2) is 4.79 Å². The van der Waals surface area contributed by atoms with Gasteiger partial charge in [0.2, 0.25) is 0 Å². The zero-order chi connectivity index (χ0) is 14.9. The van der Waals surface area contributed by atoms with Crippen LogP contribution in [0.1, 0.15) is 51.0 Å². The van der Waals surface area contributed by atoms with Crippen molar-refractivity contribution < 1.29 is 14.3 Å². The summed E-state index contributed by atoms with van der Waals surface area (Å²) < 4.78 is 11.3. The van der Waals surface area contributed by atoms with E-state index in [9.17, 15) is 4.79 Å². The molecule has 0 fully saturated rings. The summed E-state index contributed by atoms with van der Waals surface area (Å²) in [6.45, 7) is 11.6. The first-order valence-corrected chi connectivity index (χ1v) is 7.87. The summed E-state index contributed by atoms with van der Waals surface area (Å²) in [4.78, 5) is 15.0. The molecule has 0 spiro atoms. The second-order valence-electron chi connectivity index (χ2n) is 6.35. The van der Waals surface area contributed by atoms with Crippen LogP contribution in [0.15, 0.2) is 5.38 Å². The highest BCUT2D eigenvalue weighted by Crippen LogP contribution is 2.37. The van der Waals surface area contributed by atoms with Gasteiger partial charge in [-0.3, -0.25) is 4.90 Å². The smallest absolute Gasteiger partial charge is 0.410 e. The highest BCUT2D eigenvalue weighted by Gasteiger charge is 2.27. The summed E-state index contributed by atoms with van der Waals surface area (Å²) in [5.41, 5.74) is 0.766. The monoisotopic (exact) mass is 297 g/mol. The highest BCUT2D eigenvalue weighted by atomic mass is 32.1. The minimum Gasteiger partial charge on any atom is -0.490 e. The topological polar surface area (TPSA) is 38.8 Å². The van der Waals surface area contributed by atoms with Gasteiger partial charge in [-0.2, -0.15) is 0 Å².